The summed E-state index contributed by atoms with van der Waals surface area (Å²) >= 11 is 6.70. The van der Waals surface area contributed by atoms with Crippen molar-refractivity contribution in [2.24, 2.45) is 0 Å². The Hall–Kier alpha value is 0.240. The van der Waals surface area contributed by atoms with Crippen molar-refractivity contribution in [3.8, 4) is 0 Å². The summed E-state index contributed by atoms with van der Waals surface area (Å²) in [5, 5.41) is 2.16. The van der Waals surface area contributed by atoms with E-state index in [1.54, 1.807) is 0 Å². The van der Waals surface area contributed by atoms with Crippen molar-refractivity contribution in [2.75, 3.05) is 6.61 Å². The van der Waals surface area contributed by atoms with Crippen molar-refractivity contribution < 1.29 is 4.74 Å². The van der Waals surface area contributed by atoms with E-state index in [1.807, 2.05) is 18.7 Å². The van der Waals surface area contributed by atoms with Gasteiger partial charge in [0.1, 0.15) is 6.61 Å². The summed E-state index contributed by atoms with van der Waals surface area (Å²) in [6.45, 7) is 4.83. The van der Waals surface area contributed by atoms with Crippen molar-refractivity contribution in [2.45, 2.75) is 24.3 Å². The molecule has 9 heavy (non-hydrogen) atoms. The van der Waals surface area contributed by atoms with E-state index >= 15 is 0 Å². The quantitative estimate of drug-likeness (QED) is 0.453. The number of thioether (sulfide) groups is 1. The zero-order valence-corrected chi connectivity index (χ0v) is 7.22. The van der Waals surface area contributed by atoms with Crippen molar-refractivity contribution in [3.63, 3.8) is 0 Å². The lowest BCUT2D eigenvalue weighted by atomic mass is 10.4. The second kappa shape index (κ2) is 2.88. The highest BCUT2D eigenvalue weighted by atomic mass is 32.2. The molecule has 0 aromatic heterocycles. The Bertz CT molecular complexity index is 124. The largest absolute Gasteiger partial charge is 0.486 e. The molecular weight excluding hydrogens is 152 g/mol. The Morgan fingerprint density at radius 2 is 2.33 bits per heavy atom. The van der Waals surface area contributed by atoms with Gasteiger partial charge in [-0.2, -0.15) is 0 Å². The number of ether oxygens (including phenoxy) is 1. The molecule has 0 aromatic carbocycles. The highest BCUT2D eigenvalue weighted by Gasteiger charge is 2.34. The van der Waals surface area contributed by atoms with Gasteiger partial charge in [-0.05, 0) is 12.2 Å². The molecule has 1 saturated heterocycles. The molecular formula is C6H10OS2. The minimum Gasteiger partial charge on any atom is -0.486 e. The van der Waals surface area contributed by atoms with Gasteiger partial charge in [0.15, 0.2) is 5.05 Å². The lowest BCUT2D eigenvalue weighted by Gasteiger charge is -1.98. The molecule has 1 aliphatic rings. The third kappa shape index (κ3) is 2.54. The fourth-order valence-electron chi connectivity index (χ4n) is 0.605. The molecule has 0 N–H and O–H groups in total. The molecule has 1 nitrogen and oxygen atoms in total. The number of rotatable bonds is 2. The predicted octanol–water partition coefficient (Wildman–Crippen LogP) is 1.85. The van der Waals surface area contributed by atoms with E-state index in [1.165, 1.54) is 0 Å². The maximum Gasteiger partial charge on any atom is 0.156 e. The molecule has 2 atom stereocenters. The zero-order valence-electron chi connectivity index (χ0n) is 5.59. The van der Waals surface area contributed by atoms with E-state index in [-0.39, 0.29) is 0 Å². The van der Waals surface area contributed by atoms with Crippen LogP contribution in [0.2, 0.25) is 0 Å². The van der Waals surface area contributed by atoms with Gasteiger partial charge in [-0.15, -0.1) is 11.8 Å². The Labute approximate surface area is 65.2 Å². The second-order valence-corrected chi connectivity index (χ2v) is 4.38. The first kappa shape index (κ1) is 7.35. The molecule has 0 saturated carbocycles. The van der Waals surface area contributed by atoms with Crippen LogP contribution in [0.1, 0.15) is 13.8 Å². The van der Waals surface area contributed by atoms with E-state index in [4.69, 9.17) is 17.0 Å². The van der Waals surface area contributed by atoms with Gasteiger partial charge in [-0.1, -0.05) is 6.92 Å². The maximum absolute atomic E-state index is 5.15. The average Bonchev–Trinajstić information content (AvgIpc) is 2.42. The monoisotopic (exact) mass is 162 g/mol. The average molecular weight is 162 g/mol. The summed E-state index contributed by atoms with van der Waals surface area (Å²) in [6, 6.07) is 0. The van der Waals surface area contributed by atoms with Crippen LogP contribution in [0.4, 0.5) is 0 Å². The van der Waals surface area contributed by atoms with Crippen LogP contribution in [0.3, 0.4) is 0 Å². The summed E-state index contributed by atoms with van der Waals surface area (Å²) in [6.07, 6.45) is 0. The van der Waals surface area contributed by atoms with Crippen molar-refractivity contribution in [1.29, 1.82) is 0 Å². The van der Waals surface area contributed by atoms with Crippen LogP contribution in [-0.2, 0) is 4.74 Å². The molecule has 3 heteroatoms. The molecule has 0 spiro atoms. The van der Waals surface area contributed by atoms with E-state index < -0.39 is 0 Å². The normalized spacial score (nSPS) is 31.8. The van der Waals surface area contributed by atoms with Gasteiger partial charge in [-0.3, -0.25) is 0 Å². The first-order chi connectivity index (χ1) is 4.20. The fourth-order valence-corrected chi connectivity index (χ4v) is 1.36. The standard InChI is InChI=1S/C6H10OS2/c1-4-6(9-4)3-7-5(2)8/h4,6H,3H2,1-2H3. The lowest BCUT2D eigenvalue weighted by Crippen LogP contribution is -2.05. The molecule has 0 bridgehead atoms. The lowest BCUT2D eigenvalue weighted by molar-refractivity contribution is 0.319. The van der Waals surface area contributed by atoms with Gasteiger partial charge < -0.3 is 4.74 Å². The molecule has 2 unspecified atom stereocenters. The zero-order chi connectivity index (χ0) is 6.85. The molecule has 0 radical (unpaired) electrons. The number of hydrogen-bond acceptors (Lipinski definition) is 3. The molecule has 1 fully saturated rings. The van der Waals surface area contributed by atoms with Gasteiger partial charge in [0.25, 0.3) is 0 Å². The highest BCUT2D eigenvalue weighted by molar-refractivity contribution is 8.07. The molecule has 0 amide bonds. The van der Waals surface area contributed by atoms with Crippen molar-refractivity contribution in [3.05, 3.63) is 0 Å². The fraction of sp³-hybridized carbons (Fsp3) is 0.833. The molecule has 52 valence electrons. The first-order valence-electron chi connectivity index (χ1n) is 2.99. The van der Waals surface area contributed by atoms with Crippen LogP contribution in [0.25, 0.3) is 0 Å². The summed E-state index contributed by atoms with van der Waals surface area (Å²) in [5.41, 5.74) is 0. The van der Waals surface area contributed by atoms with Gasteiger partial charge in [-0.25, -0.2) is 0 Å². The van der Waals surface area contributed by atoms with Crippen LogP contribution in [0.15, 0.2) is 0 Å². The minimum absolute atomic E-state index is 0.662. The highest BCUT2D eigenvalue weighted by Crippen LogP contribution is 2.40. The molecule has 1 aliphatic heterocycles. The van der Waals surface area contributed by atoms with E-state index in [0.29, 0.717) is 10.3 Å². The smallest absolute Gasteiger partial charge is 0.156 e. The van der Waals surface area contributed by atoms with Gasteiger partial charge in [0, 0.05) is 12.2 Å². The van der Waals surface area contributed by atoms with E-state index in [0.717, 1.165) is 11.9 Å². The van der Waals surface area contributed by atoms with Crippen molar-refractivity contribution >= 4 is 29.0 Å². The maximum atomic E-state index is 5.15. The summed E-state index contributed by atoms with van der Waals surface area (Å²) in [5.74, 6) is 0. The molecule has 1 heterocycles. The van der Waals surface area contributed by atoms with E-state index in [2.05, 4.69) is 6.92 Å². The topological polar surface area (TPSA) is 9.23 Å². The number of thiocarbonyl (C=S) groups is 1. The van der Waals surface area contributed by atoms with Crippen LogP contribution in [0.5, 0.6) is 0 Å². The molecule has 0 aliphatic carbocycles. The van der Waals surface area contributed by atoms with Crippen LogP contribution in [0, 0.1) is 0 Å². The van der Waals surface area contributed by atoms with Crippen molar-refractivity contribution in [1.82, 2.24) is 0 Å². The Morgan fingerprint density at radius 3 is 2.67 bits per heavy atom. The molecule has 0 aromatic rings. The predicted molar refractivity (Wildman–Crippen MR) is 45.1 cm³/mol. The van der Waals surface area contributed by atoms with Crippen LogP contribution >= 0.6 is 24.0 Å². The summed E-state index contributed by atoms with van der Waals surface area (Å²) in [4.78, 5) is 0. The third-order valence-corrected chi connectivity index (χ3v) is 2.74. The SMILES string of the molecule is CC(=S)OCC1SC1C. The first-order valence-corrected chi connectivity index (χ1v) is 4.34. The summed E-state index contributed by atoms with van der Waals surface area (Å²) in [7, 11) is 0. The van der Waals surface area contributed by atoms with E-state index in [9.17, 15) is 0 Å². The Morgan fingerprint density at radius 1 is 1.78 bits per heavy atom. The van der Waals surface area contributed by atoms with Gasteiger partial charge >= 0.3 is 0 Å². The number of hydrogen-bond donors (Lipinski definition) is 0. The van der Waals surface area contributed by atoms with Crippen LogP contribution < -0.4 is 0 Å². The van der Waals surface area contributed by atoms with Gasteiger partial charge in [0.2, 0.25) is 0 Å². The Kier molecular flexibility index (Phi) is 2.35. The summed E-state index contributed by atoms with van der Waals surface area (Å²) < 4.78 is 5.15. The third-order valence-electron chi connectivity index (χ3n) is 1.29. The van der Waals surface area contributed by atoms with Gasteiger partial charge in [0.05, 0.1) is 5.25 Å². The molecule has 1 rings (SSSR count). The minimum atomic E-state index is 0.662. The Balaban J connectivity index is 2.00. The van der Waals surface area contributed by atoms with Crippen LogP contribution in [-0.4, -0.2) is 22.2 Å². The second-order valence-electron chi connectivity index (χ2n) is 2.18.